The Morgan fingerprint density at radius 3 is 2.30 bits per heavy atom. The number of fused-ring (bicyclic) bond motifs is 1. The first-order valence-corrected chi connectivity index (χ1v) is 14.6. The van der Waals surface area contributed by atoms with E-state index in [1.807, 2.05) is 54.7 Å². The van der Waals surface area contributed by atoms with E-state index in [4.69, 9.17) is 5.10 Å². The maximum Gasteiger partial charge on any atom is 0.253 e. The van der Waals surface area contributed by atoms with Gasteiger partial charge in [0.05, 0.1) is 17.5 Å². The van der Waals surface area contributed by atoms with Gasteiger partial charge in [-0.25, -0.2) is 13.8 Å². The standard InChI is InChI=1S/C32H24BrF2N3OS/c33-24-11-7-22(8-12-24)28-17-30(23-9-15-26(35)16-10-23)38(36-28)32(39)20-40-31-19-37(29-4-2-1-3-27(29)31)18-21-5-13-25(34)14-6-21/h1-16,19,30H,17-18,20H2. The van der Waals surface area contributed by atoms with E-state index in [1.54, 1.807) is 29.3 Å². The van der Waals surface area contributed by atoms with Crippen LogP contribution in [0.4, 0.5) is 8.78 Å². The summed E-state index contributed by atoms with van der Waals surface area (Å²) in [6.45, 7) is 0.592. The topological polar surface area (TPSA) is 37.6 Å². The van der Waals surface area contributed by atoms with E-state index < -0.39 is 0 Å². The highest BCUT2D eigenvalue weighted by molar-refractivity contribution is 9.10. The Balaban J connectivity index is 1.25. The number of hydrogen-bond acceptors (Lipinski definition) is 3. The van der Waals surface area contributed by atoms with Crippen LogP contribution in [-0.2, 0) is 11.3 Å². The molecule has 1 amide bonds. The van der Waals surface area contributed by atoms with E-state index in [2.05, 4.69) is 20.5 Å². The molecule has 200 valence electrons. The van der Waals surface area contributed by atoms with Gasteiger partial charge >= 0.3 is 0 Å². The summed E-state index contributed by atoms with van der Waals surface area (Å²) in [5, 5.41) is 7.36. The molecule has 0 aliphatic carbocycles. The number of halogens is 3. The van der Waals surface area contributed by atoms with Crippen molar-refractivity contribution < 1.29 is 13.6 Å². The van der Waals surface area contributed by atoms with Crippen LogP contribution < -0.4 is 0 Å². The van der Waals surface area contributed by atoms with E-state index >= 15 is 0 Å². The summed E-state index contributed by atoms with van der Waals surface area (Å²) >= 11 is 4.94. The van der Waals surface area contributed by atoms with Crippen molar-refractivity contribution in [3.05, 3.63) is 136 Å². The normalized spacial score (nSPS) is 15.0. The molecule has 1 unspecified atom stereocenters. The minimum absolute atomic E-state index is 0.123. The van der Waals surface area contributed by atoms with Crippen molar-refractivity contribution >= 4 is 50.2 Å². The van der Waals surface area contributed by atoms with E-state index in [1.165, 1.54) is 36.0 Å². The van der Waals surface area contributed by atoms with Crippen LogP contribution in [0.5, 0.6) is 0 Å². The van der Waals surface area contributed by atoms with Crippen molar-refractivity contribution in [3.63, 3.8) is 0 Å². The van der Waals surface area contributed by atoms with Crippen molar-refractivity contribution in [2.45, 2.75) is 23.9 Å². The third-order valence-corrected chi connectivity index (χ3v) is 8.52. The molecule has 5 aromatic rings. The Labute approximate surface area is 243 Å². The molecule has 8 heteroatoms. The summed E-state index contributed by atoms with van der Waals surface area (Å²) in [6.07, 6.45) is 2.59. The van der Waals surface area contributed by atoms with E-state index in [0.717, 1.165) is 42.7 Å². The molecule has 0 radical (unpaired) electrons. The molecule has 6 rings (SSSR count). The van der Waals surface area contributed by atoms with Gasteiger partial charge in [-0.2, -0.15) is 5.10 Å². The van der Waals surface area contributed by atoms with Gasteiger partial charge < -0.3 is 4.57 Å². The molecular formula is C32H24BrF2N3OS. The van der Waals surface area contributed by atoms with E-state index in [0.29, 0.717) is 13.0 Å². The molecule has 0 fully saturated rings. The van der Waals surface area contributed by atoms with Gasteiger partial charge in [-0.15, -0.1) is 11.8 Å². The van der Waals surface area contributed by atoms with Gasteiger partial charge in [-0.05, 0) is 59.2 Å². The summed E-state index contributed by atoms with van der Waals surface area (Å²) in [7, 11) is 0. The molecule has 0 spiro atoms. The first kappa shape index (κ1) is 26.5. The summed E-state index contributed by atoms with van der Waals surface area (Å²) in [5.74, 6) is -0.509. The quantitative estimate of drug-likeness (QED) is 0.173. The molecule has 4 nitrogen and oxygen atoms in total. The molecule has 1 aliphatic rings. The van der Waals surface area contributed by atoms with Crippen LogP contribution in [0.1, 0.15) is 29.2 Å². The molecule has 40 heavy (non-hydrogen) atoms. The van der Waals surface area contributed by atoms with Crippen molar-refractivity contribution in [2.24, 2.45) is 5.10 Å². The average Bonchev–Trinajstić information content (AvgIpc) is 3.56. The zero-order chi connectivity index (χ0) is 27.6. The van der Waals surface area contributed by atoms with E-state index in [-0.39, 0.29) is 29.3 Å². The highest BCUT2D eigenvalue weighted by Crippen LogP contribution is 2.36. The molecular weight excluding hydrogens is 592 g/mol. The number of amides is 1. The summed E-state index contributed by atoms with van der Waals surface area (Å²) < 4.78 is 30.2. The number of carbonyl (C=O) groups excluding carboxylic acids is 1. The number of hydrogen-bond donors (Lipinski definition) is 0. The smallest absolute Gasteiger partial charge is 0.253 e. The Hall–Kier alpha value is -3.75. The van der Waals surface area contributed by atoms with Gasteiger partial charge in [0, 0.05) is 39.4 Å². The monoisotopic (exact) mass is 615 g/mol. The molecule has 0 saturated carbocycles. The van der Waals surface area contributed by atoms with Crippen LogP contribution in [0, 0.1) is 11.6 Å². The molecule has 0 N–H and O–H groups in total. The predicted molar refractivity (Wildman–Crippen MR) is 159 cm³/mol. The van der Waals surface area contributed by atoms with Crippen molar-refractivity contribution in [2.75, 3.05) is 5.75 Å². The van der Waals surface area contributed by atoms with Crippen LogP contribution in [0.3, 0.4) is 0 Å². The second-order valence-corrected chi connectivity index (χ2v) is 11.5. The van der Waals surface area contributed by atoms with Crippen LogP contribution in [0.15, 0.2) is 118 Å². The van der Waals surface area contributed by atoms with Gasteiger partial charge in [-0.1, -0.05) is 70.5 Å². The molecule has 1 aromatic heterocycles. The number of thioether (sulfide) groups is 1. The average molecular weight is 617 g/mol. The largest absolute Gasteiger partial charge is 0.342 e. The Morgan fingerprint density at radius 2 is 1.57 bits per heavy atom. The SMILES string of the molecule is O=C(CSc1cn(Cc2ccc(F)cc2)c2ccccc12)N1N=C(c2ccc(Br)cc2)CC1c1ccc(F)cc1. The minimum Gasteiger partial charge on any atom is -0.342 e. The number of benzene rings is 4. The van der Waals surface area contributed by atoms with Crippen LogP contribution in [-0.4, -0.2) is 26.9 Å². The lowest BCUT2D eigenvalue weighted by Crippen LogP contribution is -2.28. The predicted octanol–water partition coefficient (Wildman–Crippen LogP) is 8.20. The lowest BCUT2D eigenvalue weighted by molar-refractivity contribution is -0.130. The second-order valence-electron chi connectivity index (χ2n) is 9.62. The summed E-state index contributed by atoms with van der Waals surface area (Å²) in [6, 6.07) is 28.4. The first-order valence-electron chi connectivity index (χ1n) is 12.8. The lowest BCUT2D eigenvalue weighted by atomic mass is 9.98. The van der Waals surface area contributed by atoms with E-state index in [9.17, 15) is 13.6 Å². The molecule has 4 aromatic carbocycles. The summed E-state index contributed by atoms with van der Waals surface area (Å²) in [4.78, 5) is 14.6. The molecule has 1 atom stereocenters. The second kappa shape index (κ2) is 11.4. The fourth-order valence-corrected chi connectivity index (χ4v) is 6.16. The highest BCUT2D eigenvalue weighted by Gasteiger charge is 2.33. The third kappa shape index (κ3) is 5.60. The minimum atomic E-state index is -0.318. The highest BCUT2D eigenvalue weighted by atomic mass is 79.9. The molecule has 2 heterocycles. The zero-order valence-electron chi connectivity index (χ0n) is 21.3. The number of aromatic nitrogens is 1. The summed E-state index contributed by atoms with van der Waals surface area (Å²) in [5.41, 5.74) is 4.64. The molecule has 0 bridgehead atoms. The third-order valence-electron chi connectivity index (χ3n) is 6.97. The zero-order valence-corrected chi connectivity index (χ0v) is 23.7. The number of rotatable bonds is 7. The maximum absolute atomic E-state index is 13.7. The Kier molecular flexibility index (Phi) is 7.54. The fourth-order valence-electron chi connectivity index (χ4n) is 4.95. The number of hydrazone groups is 1. The molecule has 1 aliphatic heterocycles. The lowest BCUT2D eigenvalue weighted by Gasteiger charge is -2.22. The van der Waals surface area contributed by atoms with Crippen LogP contribution in [0.25, 0.3) is 10.9 Å². The number of nitrogens with zero attached hydrogens (tertiary/aromatic N) is 3. The van der Waals surface area contributed by atoms with Gasteiger partial charge in [0.15, 0.2) is 0 Å². The van der Waals surface area contributed by atoms with Gasteiger partial charge in [0.1, 0.15) is 11.6 Å². The maximum atomic E-state index is 13.7. The Morgan fingerprint density at radius 1 is 0.900 bits per heavy atom. The van der Waals surface area contributed by atoms with Crippen molar-refractivity contribution in [3.8, 4) is 0 Å². The number of para-hydroxylation sites is 1. The van der Waals surface area contributed by atoms with Crippen LogP contribution >= 0.6 is 27.7 Å². The first-order chi connectivity index (χ1) is 19.4. The van der Waals surface area contributed by atoms with Crippen LogP contribution in [0.2, 0.25) is 0 Å². The van der Waals surface area contributed by atoms with Gasteiger partial charge in [0.2, 0.25) is 0 Å². The van der Waals surface area contributed by atoms with Crippen molar-refractivity contribution in [1.29, 1.82) is 0 Å². The fraction of sp³-hybridized carbons (Fsp3) is 0.125. The van der Waals surface area contributed by atoms with Gasteiger partial charge in [0.25, 0.3) is 5.91 Å². The number of carbonyl (C=O) groups is 1. The molecule has 0 saturated heterocycles. The van der Waals surface area contributed by atoms with Crippen molar-refractivity contribution in [1.82, 2.24) is 9.58 Å². The Bertz CT molecular complexity index is 1700. The van der Waals surface area contributed by atoms with Gasteiger partial charge in [-0.3, -0.25) is 4.79 Å².